The van der Waals surface area contributed by atoms with Crippen LogP contribution in [0.1, 0.15) is 19.8 Å². The minimum absolute atomic E-state index is 0.200. The lowest BCUT2D eigenvalue weighted by Crippen LogP contribution is -2.49. The van der Waals surface area contributed by atoms with Gasteiger partial charge < -0.3 is 25.0 Å². The van der Waals surface area contributed by atoms with Gasteiger partial charge in [-0.05, 0) is 45.1 Å². The molecule has 0 saturated carbocycles. The molecule has 2 heterocycles. The molecule has 3 rings (SSSR count). The number of nitrogens with one attached hydrogen (secondary N) is 1. The van der Waals surface area contributed by atoms with E-state index in [1.54, 1.807) is 12.1 Å². The number of ether oxygens (including phenoxy) is 1. The van der Waals surface area contributed by atoms with E-state index in [9.17, 15) is 19.1 Å². The first kappa shape index (κ1) is 21.3. The lowest BCUT2D eigenvalue weighted by atomic mass is 9.90. The van der Waals surface area contributed by atoms with Crippen LogP contribution < -0.4 is 15.1 Å². The van der Waals surface area contributed by atoms with Crippen LogP contribution in [0.3, 0.4) is 0 Å². The van der Waals surface area contributed by atoms with E-state index in [-0.39, 0.29) is 19.0 Å². The fourth-order valence-corrected chi connectivity index (χ4v) is 3.93. The maximum atomic E-state index is 14.8. The zero-order valence-corrected chi connectivity index (χ0v) is 17.2. The summed E-state index contributed by atoms with van der Waals surface area (Å²) in [7, 11) is 3.85. The Morgan fingerprint density at radius 1 is 1.38 bits per heavy atom. The number of hydrogen-bond donors (Lipinski definition) is 2. The monoisotopic (exact) mass is 408 g/mol. The zero-order valence-electron chi connectivity index (χ0n) is 17.2. The largest absolute Gasteiger partial charge is 0.442 e. The van der Waals surface area contributed by atoms with Gasteiger partial charge in [-0.2, -0.15) is 0 Å². The van der Waals surface area contributed by atoms with Crippen molar-refractivity contribution < 1.29 is 23.8 Å². The number of likely N-dealkylation sites (N-methyl/N-ethyl adjacent to an activating group) is 1. The summed E-state index contributed by atoms with van der Waals surface area (Å²) in [4.78, 5) is 28.4. The normalized spacial score (nSPS) is 21.4. The SMILES string of the molecule is CC(=O)NCC1CN(c2ccc(N3CCC(O)(CN(C)C)CC3)c(F)c2)C(=O)O1. The van der Waals surface area contributed by atoms with Gasteiger partial charge in [-0.1, -0.05) is 0 Å². The van der Waals surface area contributed by atoms with Crippen LogP contribution in [0.25, 0.3) is 0 Å². The lowest BCUT2D eigenvalue weighted by Gasteiger charge is -2.40. The Bertz CT molecular complexity index is 765. The van der Waals surface area contributed by atoms with Crippen LogP contribution in [0.4, 0.5) is 20.6 Å². The Hall–Kier alpha value is -2.39. The number of benzene rings is 1. The fraction of sp³-hybridized carbons (Fsp3) is 0.600. The number of amides is 2. The second kappa shape index (κ2) is 8.54. The fourth-order valence-electron chi connectivity index (χ4n) is 3.93. The van der Waals surface area contributed by atoms with Crippen LogP contribution in [0.5, 0.6) is 0 Å². The molecule has 2 N–H and O–H groups in total. The number of halogens is 1. The number of cyclic esters (lactones) is 1. The standard InChI is InChI=1S/C20H29FN4O4/c1-14(26)22-11-16-12-25(19(27)29-16)15-4-5-18(17(21)10-15)24-8-6-20(28,7-9-24)13-23(2)3/h4-5,10,16,28H,6-9,11-13H2,1-3H3,(H,22,26). The molecule has 2 aliphatic rings. The van der Waals surface area contributed by atoms with Crippen LogP contribution in [-0.2, 0) is 9.53 Å². The summed E-state index contributed by atoms with van der Waals surface area (Å²) in [6.45, 7) is 3.57. The summed E-state index contributed by atoms with van der Waals surface area (Å²) in [6.07, 6.45) is 0.107. The van der Waals surface area contributed by atoms with Gasteiger partial charge in [0.2, 0.25) is 5.91 Å². The first-order valence-electron chi connectivity index (χ1n) is 9.81. The van der Waals surface area contributed by atoms with Gasteiger partial charge in [0.05, 0.1) is 30.1 Å². The van der Waals surface area contributed by atoms with Crippen molar-refractivity contribution in [1.82, 2.24) is 10.2 Å². The second-order valence-corrected chi connectivity index (χ2v) is 8.14. The average molecular weight is 408 g/mol. The van der Waals surface area contributed by atoms with E-state index >= 15 is 0 Å². The van der Waals surface area contributed by atoms with Crippen molar-refractivity contribution in [3.8, 4) is 0 Å². The molecule has 1 unspecified atom stereocenters. The van der Waals surface area contributed by atoms with E-state index < -0.39 is 23.6 Å². The Morgan fingerprint density at radius 2 is 2.07 bits per heavy atom. The molecule has 2 fully saturated rings. The first-order valence-corrected chi connectivity index (χ1v) is 9.81. The van der Waals surface area contributed by atoms with Crippen LogP contribution in [-0.4, -0.2) is 80.5 Å². The van der Waals surface area contributed by atoms with Crippen molar-refractivity contribution in [3.63, 3.8) is 0 Å². The number of hydrogen-bond acceptors (Lipinski definition) is 6. The minimum atomic E-state index is -0.751. The molecule has 9 heteroatoms. The van der Waals surface area contributed by atoms with Crippen molar-refractivity contribution in [2.24, 2.45) is 0 Å². The maximum Gasteiger partial charge on any atom is 0.414 e. The van der Waals surface area contributed by atoms with E-state index in [1.807, 2.05) is 23.9 Å². The van der Waals surface area contributed by atoms with E-state index in [0.29, 0.717) is 43.9 Å². The number of nitrogens with zero attached hydrogens (tertiary/aromatic N) is 3. The Morgan fingerprint density at radius 3 is 2.66 bits per heavy atom. The Labute approximate surface area is 170 Å². The Kier molecular flexibility index (Phi) is 6.28. The molecule has 0 aliphatic carbocycles. The molecular formula is C20H29FN4O4. The molecule has 1 aromatic rings. The molecule has 160 valence electrons. The van der Waals surface area contributed by atoms with Gasteiger partial charge in [-0.15, -0.1) is 0 Å². The van der Waals surface area contributed by atoms with Crippen molar-refractivity contribution in [3.05, 3.63) is 24.0 Å². The predicted molar refractivity (Wildman–Crippen MR) is 108 cm³/mol. The zero-order chi connectivity index (χ0) is 21.2. The van der Waals surface area contributed by atoms with Gasteiger partial charge >= 0.3 is 6.09 Å². The van der Waals surface area contributed by atoms with E-state index in [2.05, 4.69) is 5.32 Å². The minimum Gasteiger partial charge on any atom is -0.442 e. The molecule has 1 atom stereocenters. The van der Waals surface area contributed by atoms with E-state index in [0.717, 1.165) is 0 Å². The molecule has 0 aromatic heterocycles. The van der Waals surface area contributed by atoms with Crippen LogP contribution in [0, 0.1) is 5.82 Å². The summed E-state index contributed by atoms with van der Waals surface area (Å²) >= 11 is 0. The summed E-state index contributed by atoms with van der Waals surface area (Å²) in [5, 5.41) is 13.3. The highest BCUT2D eigenvalue weighted by Gasteiger charge is 2.35. The number of aliphatic hydroxyl groups is 1. The molecule has 2 saturated heterocycles. The molecule has 0 radical (unpaired) electrons. The summed E-state index contributed by atoms with van der Waals surface area (Å²) in [6, 6.07) is 4.69. The van der Waals surface area contributed by atoms with Gasteiger partial charge in [0.25, 0.3) is 0 Å². The lowest BCUT2D eigenvalue weighted by molar-refractivity contribution is -0.119. The van der Waals surface area contributed by atoms with Gasteiger partial charge in [0, 0.05) is 26.6 Å². The highest BCUT2D eigenvalue weighted by molar-refractivity contribution is 5.90. The van der Waals surface area contributed by atoms with Gasteiger partial charge in [-0.25, -0.2) is 9.18 Å². The van der Waals surface area contributed by atoms with Crippen LogP contribution in [0.2, 0.25) is 0 Å². The van der Waals surface area contributed by atoms with Crippen molar-refractivity contribution in [2.75, 3.05) is 56.6 Å². The second-order valence-electron chi connectivity index (χ2n) is 8.14. The molecule has 2 amide bonds. The number of anilines is 2. The van der Waals surface area contributed by atoms with Crippen LogP contribution >= 0.6 is 0 Å². The smallest absolute Gasteiger partial charge is 0.414 e. The number of rotatable bonds is 6. The summed E-state index contributed by atoms with van der Waals surface area (Å²) in [5.74, 6) is -0.618. The number of carbonyl (C=O) groups is 2. The summed E-state index contributed by atoms with van der Waals surface area (Å²) in [5.41, 5.74) is 0.129. The third-order valence-electron chi connectivity index (χ3n) is 5.34. The third-order valence-corrected chi connectivity index (χ3v) is 5.34. The topological polar surface area (TPSA) is 85.4 Å². The maximum absolute atomic E-state index is 14.8. The molecule has 29 heavy (non-hydrogen) atoms. The average Bonchev–Trinajstić information content (AvgIpc) is 3.01. The molecule has 8 nitrogen and oxygen atoms in total. The molecule has 0 bridgehead atoms. The molecule has 0 spiro atoms. The van der Waals surface area contributed by atoms with Gasteiger partial charge in [-0.3, -0.25) is 9.69 Å². The van der Waals surface area contributed by atoms with E-state index in [4.69, 9.17) is 4.74 Å². The number of piperidine rings is 1. The van der Waals surface area contributed by atoms with Crippen LogP contribution in [0.15, 0.2) is 18.2 Å². The highest BCUT2D eigenvalue weighted by Crippen LogP contribution is 2.31. The highest BCUT2D eigenvalue weighted by atomic mass is 19.1. The molecular weight excluding hydrogens is 379 g/mol. The summed E-state index contributed by atoms with van der Waals surface area (Å²) < 4.78 is 20.0. The quantitative estimate of drug-likeness (QED) is 0.735. The molecule has 2 aliphatic heterocycles. The Balaban J connectivity index is 1.64. The van der Waals surface area contributed by atoms with Gasteiger partial charge in [0.1, 0.15) is 11.9 Å². The van der Waals surface area contributed by atoms with Crippen molar-refractivity contribution in [2.45, 2.75) is 31.5 Å². The van der Waals surface area contributed by atoms with Gasteiger partial charge in [0.15, 0.2) is 0 Å². The van der Waals surface area contributed by atoms with E-state index in [1.165, 1.54) is 17.9 Å². The third kappa shape index (κ3) is 5.16. The van der Waals surface area contributed by atoms with Crippen molar-refractivity contribution in [1.29, 1.82) is 0 Å². The van der Waals surface area contributed by atoms with Crippen molar-refractivity contribution >= 4 is 23.4 Å². The first-order chi connectivity index (χ1) is 13.7. The molecule has 1 aromatic carbocycles. The predicted octanol–water partition coefficient (Wildman–Crippen LogP) is 1.18. The number of carbonyl (C=O) groups excluding carboxylic acids is 2.